The molecule has 0 aromatic carbocycles. The van der Waals surface area contributed by atoms with Gasteiger partial charge in [-0.1, -0.05) is 6.42 Å². The van der Waals surface area contributed by atoms with E-state index in [9.17, 15) is 8.42 Å². The molecule has 0 bridgehead atoms. The number of hydrogen-bond donors (Lipinski definition) is 1. The summed E-state index contributed by atoms with van der Waals surface area (Å²) in [6, 6.07) is 0.780. The van der Waals surface area contributed by atoms with Gasteiger partial charge in [-0.15, -0.1) is 0 Å². The SMILES string of the molecule is CS(=O)(=O)C1CCCC(NC2CCCOC2)C1. The highest BCUT2D eigenvalue weighted by Gasteiger charge is 2.30. The molecule has 1 saturated heterocycles. The summed E-state index contributed by atoms with van der Waals surface area (Å²) in [4.78, 5) is 0. The van der Waals surface area contributed by atoms with Crippen LogP contribution in [0.4, 0.5) is 0 Å². The maximum Gasteiger partial charge on any atom is 0.150 e. The number of rotatable bonds is 3. The van der Waals surface area contributed by atoms with E-state index in [4.69, 9.17) is 4.74 Å². The first-order valence-corrected chi connectivity index (χ1v) is 8.54. The highest BCUT2D eigenvalue weighted by molar-refractivity contribution is 7.91. The van der Waals surface area contributed by atoms with Crippen molar-refractivity contribution < 1.29 is 13.2 Å². The van der Waals surface area contributed by atoms with Crippen molar-refractivity contribution in [3.8, 4) is 0 Å². The van der Waals surface area contributed by atoms with Gasteiger partial charge in [0, 0.05) is 24.9 Å². The molecule has 3 unspecified atom stereocenters. The van der Waals surface area contributed by atoms with E-state index < -0.39 is 9.84 Å². The van der Waals surface area contributed by atoms with Crippen molar-refractivity contribution in [3.63, 3.8) is 0 Å². The Balaban J connectivity index is 1.84. The molecule has 1 saturated carbocycles. The van der Waals surface area contributed by atoms with Crippen molar-refractivity contribution in [2.45, 2.75) is 55.9 Å². The molecule has 1 N–H and O–H groups in total. The summed E-state index contributed by atoms with van der Waals surface area (Å²) in [5.41, 5.74) is 0. The second kappa shape index (κ2) is 5.67. The predicted octanol–water partition coefficient (Wildman–Crippen LogP) is 1.11. The maximum atomic E-state index is 11.6. The van der Waals surface area contributed by atoms with Gasteiger partial charge in [-0.2, -0.15) is 0 Å². The van der Waals surface area contributed by atoms with Gasteiger partial charge < -0.3 is 10.1 Å². The van der Waals surface area contributed by atoms with Crippen LogP contribution >= 0.6 is 0 Å². The van der Waals surface area contributed by atoms with E-state index in [1.54, 1.807) is 0 Å². The van der Waals surface area contributed by atoms with Crippen molar-refractivity contribution in [2.24, 2.45) is 0 Å². The Morgan fingerprint density at radius 2 is 1.88 bits per heavy atom. The second-order valence-corrected chi connectivity index (χ2v) is 7.72. The molecule has 0 amide bonds. The average molecular weight is 261 g/mol. The van der Waals surface area contributed by atoms with E-state index in [0.29, 0.717) is 12.1 Å². The molecule has 3 atom stereocenters. The number of hydrogen-bond acceptors (Lipinski definition) is 4. The Labute approximate surface area is 104 Å². The molecule has 1 aliphatic carbocycles. The van der Waals surface area contributed by atoms with E-state index in [1.165, 1.54) is 6.26 Å². The Morgan fingerprint density at radius 1 is 1.12 bits per heavy atom. The summed E-state index contributed by atoms with van der Waals surface area (Å²) >= 11 is 0. The van der Waals surface area contributed by atoms with E-state index in [2.05, 4.69) is 5.32 Å². The first kappa shape index (κ1) is 13.3. The highest BCUT2D eigenvalue weighted by atomic mass is 32.2. The lowest BCUT2D eigenvalue weighted by Gasteiger charge is -2.33. The Morgan fingerprint density at radius 3 is 2.53 bits per heavy atom. The van der Waals surface area contributed by atoms with Gasteiger partial charge in [-0.25, -0.2) is 8.42 Å². The normalized spacial score (nSPS) is 35.7. The molecule has 2 aliphatic rings. The molecule has 1 aliphatic heterocycles. The van der Waals surface area contributed by atoms with Crippen LogP contribution in [0.3, 0.4) is 0 Å². The van der Waals surface area contributed by atoms with Gasteiger partial charge in [-0.05, 0) is 32.1 Å². The zero-order chi connectivity index (χ0) is 12.3. The van der Waals surface area contributed by atoms with Crippen LogP contribution in [-0.2, 0) is 14.6 Å². The molecule has 0 aromatic rings. The zero-order valence-electron chi connectivity index (χ0n) is 10.5. The predicted molar refractivity (Wildman–Crippen MR) is 67.9 cm³/mol. The first-order valence-electron chi connectivity index (χ1n) is 6.58. The zero-order valence-corrected chi connectivity index (χ0v) is 11.3. The highest BCUT2D eigenvalue weighted by Crippen LogP contribution is 2.24. The summed E-state index contributed by atoms with van der Waals surface area (Å²) < 4.78 is 28.6. The Kier molecular flexibility index (Phi) is 4.44. The minimum absolute atomic E-state index is 0.141. The van der Waals surface area contributed by atoms with Crippen LogP contribution in [0.1, 0.15) is 38.5 Å². The lowest BCUT2D eigenvalue weighted by Crippen LogP contribution is -2.46. The van der Waals surface area contributed by atoms with E-state index >= 15 is 0 Å². The fraction of sp³-hybridized carbons (Fsp3) is 1.00. The van der Waals surface area contributed by atoms with Gasteiger partial charge in [0.05, 0.1) is 11.9 Å². The topological polar surface area (TPSA) is 55.4 Å². The molecular formula is C12H23NO3S. The third-order valence-electron chi connectivity index (χ3n) is 3.86. The van der Waals surface area contributed by atoms with Crippen LogP contribution in [0.2, 0.25) is 0 Å². The van der Waals surface area contributed by atoms with Crippen molar-refractivity contribution in [2.75, 3.05) is 19.5 Å². The molecule has 4 nitrogen and oxygen atoms in total. The monoisotopic (exact) mass is 261 g/mol. The third-order valence-corrected chi connectivity index (χ3v) is 5.50. The molecule has 2 fully saturated rings. The van der Waals surface area contributed by atoms with Gasteiger partial charge in [-0.3, -0.25) is 0 Å². The van der Waals surface area contributed by atoms with Crippen LogP contribution < -0.4 is 5.32 Å². The molecule has 2 rings (SSSR count). The minimum atomic E-state index is -2.87. The molecular weight excluding hydrogens is 238 g/mol. The van der Waals surface area contributed by atoms with Crippen LogP contribution in [0.15, 0.2) is 0 Å². The third kappa shape index (κ3) is 3.93. The van der Waals surface area contributed by atoms with E-state index in [0.717, 1.165) is 51.7 Å². The quantitative estimate of drug-likeness (QED) is 0.827. The first-order chi connectivity index (χ1) is 8.05. The largest absolute Gasteiger partial charge is 0.380 e. The number of ether oxygens (including phenoxy) is 1. The van der Waals surface area contributed by atoms with E-state index in [-0.39, 0.29) is 5.25 Å². The lowest BCUT2D eigenvalue weighted by atomic mass is 9.94. The van der Waals surface area contributed by atoms with Gasteiger partial charge >= 0.3 is 0 Å². The lowest BCUT2D eigenvalue weighted by molar-refractivity contribution is 0.0644. The Bertz CT molecular complexity index is 336. The summed E-state index contributed by atoms with van der Waals surface area (Å²) in [6.07, 6.45) is 7.35. The minimum Gasteiger partial charge on any atom is -0.380 e. The fourth-order valence-electron chi connectivity index (χ4n) is 2.89. The van der Waals surface area contributed by atoms with Crippen LogP contribution in [0.5, 0.6) is 0 Å². The summed E-state index contributed by atoms with van der Waals surface area (Å²) in [7, 11) is -2.87. The van der Waals surface area contributed by atoms with E-state index in [1.807, 2.05) is 0 Å². The van der Waals surface area contributed by atoms with Crippen molar-refractivity contribution >= 4 is 9.84 Å². The Hall–Kier alpha value is -0.130. The summed E-state index contributed by atoms with van der Waals surface area (Å²) in [6.45, 7) is 1.65. The molecule has 0 radical (unpaired) electrons. The molecule has 0 spiro atoms. The summed E-state index contributed by atoms with van der Waals surface area (Å²) in [5, 5.41) is 3.43. The van der Waals surface area contributed by atoms with Crippen molar-refractivity contribution in [1.29, 1.82) is 0 Å². The molecule has 5 heteroatoms. The molecule has 100 valence electrons. The maximum absolute atomic E-state index is 11.6. The van der Waals surface area contributed by atoms with Crippen LogP contribution in [0.25, 0.3) is 0 Å². The molecule has 17 heavy (non-hydrogen) atoms. The number of sulfone groups is 1. The standard InChI is InChI=1S/C12H23NO3S/c1-17(14,15)12-6-2-4-10(8-12)13-11-5-3-7-16-9-11/h10-13H,2-9H2,1H3. The van der Waals surface area contributed by atoms with Gasteiger partial charge in [0.15, 0.2) is 0 Å². The fourth-order valence-corrected chi connectivity index (χ4v) is 4.07. The van der Waals surface area contributed by atoms with Gasteiger partial charge in [0.2, 0.25) is 0 Å². The van der Waals surface area contributed by atoms with Gasteiger partial charge in [0.1, 0.15) is 9.84 Å². The number of nitrogens with one attached hydrogen (secondary N) is 1. The van der Waals surface area contributed by atoms with Crippen molar-refractivity contribution in [1.82, 2.24) is 5.32 Å². The second-order valence-electron chi connectivity index (χ2n) is 5.40. The molecule has 0 aromatic heterocycles. The summed E-state index contributed by atoms with van der Waals surface area (Å²) in [5.74, 6) is 0. The molecule has 1 heterocycles. The average Bonchev–Trinajstić information content (AvgIpc) is 2.29. The smallest absolute Gasteiger partial charge is 0.150 e. The van der Waals surface area contributed by atoms with Crippen LogP contribution in [-0.4, -0.2) is 45.2 Å². The van der Waals surface area contributed by atoms with Gasteiger partial charge in [0.25, 0.3) is 0 Å². The van der Waals surface area contributed by atoms with Crippen molar-refractivity contribution in [3.05, 3.63) is 0 Å². The van der Waals surface area contributed by atoms with Crippen LogP contribution in [0, 0.1) is 0 Å².